The Morgan fingerprint density at radius 2 is 2.21 bits per heavy atom. The highest BCUT2D eigenvalue weighted by Gasteiger charge is 2.11. The van der Waals surface area contributed by atoms with Crippen LogP contribution in [0.25, 0.3) is 5.65 Å². The number of rotatable bonds is 4. The second kappa shape index (κ2) is 5.59. The van der Waals surface area contributed by atoms with Crippen molar-refractivity contribution in [3.05, 3.63) is 30.2 Å². The van der Waals surface area contributed by atoms with Crippen molar-refractivity contribution in [3.63, 3.8) is 0 Å². The zero-order valence-corrected chi connectivity index (χ0v) is 11.2. The molecule has 5 nitrogen and oxygen atoms in total. The molecule has 0 atom stereocenters. The number of fused-ring (bicyclic) bond motifs is 1. The maximum atomic E-state index is 5.35. The monoisotopic (exact) mass is 261 g/mol. The van der Waals surface area contributed by atoms with Crippen molar-refractivity contribution in [3.8, 4) is 5.75 Å². The molecule has 3 heterocycles. The van der Waals surface area contributed by atoms with Gasteiger partial charge >= 0.3 is 0 Å². The van der Waals surface area contributed by atoms with Gasteiger partial charge in [-0.15, -0.1) is 0 Å². The molecule has 5 heteroatoms. The minimum atomic E-state index is 0.845. The normalized spacial score (nSPS) is 16.9. The number of nitrogens with zero attached hydrogens (tertiary/aromatic N) is 3. The third-order valence-electron chi connectivity index (χ3n) is 3.51. The second-order valence-electron chi connectivity index (χ2n) is 4.77. The van der Waals surface area contributed by atoms with Gasteiger partial charge in [-0.05, 0) is 6.07 Å². The predicted molar refractivity (Wildman–Crippen MR) is 72.7 cm³/mol. The number of morpholine rings is 1. The third kappa shape index (κ3) is 2.88. The quantitative estimate of drug-likeness (QED) is 0.829. The van der Waals surface area contributed by atoms with Crippen LogP contribution in [0.1, 0.15) is 5.69 Å². The molecule has 2 aromatic heterocycles. The Hall–Kier alpha value is -1.59. The van der Waals surface area contributed by atoms with Gasteiger partial charge in [-0.3, -0.25) is 4.90 Å². The van der Waals surface area contributed by atoms with Gasteiger partial charge in [-0.25, -0.2) is 4.98 Å². The SMILES string of the molecule is COc1ccn2cc(CCN3CCOCC3)nc2c1. The maximum Gasteiger partial charge on any atom is 0.140 e. The standard InChI is InChI=1S/C14H19N3O2/c1-18-13-3-5-17-11-12(15-14(17)10-13)2-4-16-6-8-19-9-7-16/h3,5,10-11H,2,4,6-9H2,1H3. The van der Waals surface area contributed by atoms with Crippen LogP contribution in [0.5, 0.6) is 5.75 Å². The number of hydrogen-bond donors (Lipinski definition) is 0. The van der Waals surface area contributed by atoms with Gasteiger partial charge in [0.05, 0.1) is 26.0 Å². The Kier molecular flexibility index (Phi) is 3.66. The van der Waals surface area contributed by atoms with Crippen molar-refractivity contribution in [2.75, 3.05) is 40.0 Å². The number of hydrogen-bond acceptors (Lipinski definition) is 4. The Morgan fingerprint density at radius 3 is 3.00 bits per heavy atom. The number of pyridine rings is 1. The zero-order chi connectivity index (χ0) is 13.1. The lowest BCUT2D eigenvalue weighted by atomic mass is 10.3. The molecule has 1 aliphatic rings. The molecule has 0 aliphatic carbocycles. The molecule has 0 spiro atoms. The van der Waals surface area contributed by atoms with E-state index in [0.717, 1.165) is 56.4 Å². The molecule has 0 radical (unpaired) electrons. The summed E-state index contributed by atoms with van der Waals surface area (Å²) >= 11 is 0. The number of methoxy groups -OCH3 is 1. The van der Waals surface area contributed by atoms with Gasteiger partial charge in [0.15, 0.2) is 0 Å². The lowest BCUT2D eigenvalue weighted by molar-refractivity contribution is 0.0383. The summed E-state index contributed by atoms with van der Waals surface area (Å²) in [7, 11) is 1.67. The summed E-state index contributed by atoms with van der Waals surface area (Å²) in [5.74, 6) is 0.845. The van der Waals surface area contributed by atoms with Gasteiger partial charge in [-0.2, -0.15) is 0 Å². The van der Waals surface area contributed by atoms with Crippen LogP contribution in [-0.2, 0) is 11.2 Å². The summed E-state index contributed by atoms with van der Waals surface area (Å²) in [5.41, 5.74) is 2.07. The van der Waals surface area contributed by atoms with E-state index in [1.165, 1.54) is 0 Å². The zero-order valence-electron chi connectivity index (χ0n) is 11.2. The lowest BCUT2D eigenvalue weighted by Gasteiger charge is -2.26. The van der Waals surface area contributed by atoms with Crippen LogP contribution in [0.3, 0.4) is 0 Å². The van der Waals surface area contributed by atoms with Crippen molar-refractivity contribution >= 4 is 5.65 Å². The van der Waals surface area contributed by atoms with E-state index in [2.05, 4.69) is 16.1 Å². The van der Waals surface area contributed by atoms with E-state index in [-0.39, 0.29) is 0 Å². The van der Waals surface area contributed by atoms with Gasteiger partial charge in [-0.1, -0.05) is 0 Å². The fourth-order valence-corrected chi connectivity index (χ4v) is 2.36. The molecule has 102 valence electrons. The van der Waals surface area contributed by atoms with Crippen LogP contribution in [0, 0.1) is 0 Å². The highest BCUT2D eigenvalue weighted by molar-refractivity contribution is 5.45. The van der Waals surface area contributed by atoms with E-state index >= 15 is 0 Å². The Bertz CT molecular complexity index is 547. The first-order chi connectivity index (χ1) is 9.35. The van der Waals surface area contributed by atoms with E-state index in [1.807, 2.05) is 22.7 Å². The lowest BCUT2D eigenvalue weighted by Crippen LogP contribution is -2.37. The molecular formula is C14H19N3O2. The fraction of sp³-hybridized carbons (Fsp3) is 0.500. The molecule has 2 aromatic rings. The van der Waals surface area contributed by atoms with E-state index in [1.54, 1.807) is 7.11 Å². The predicted octanol–water partition coefficient (Wildman–Crippen LogP) is 1.22. The summed E-state index contributed by atoms with van der Waals surface area (Å²) in [6.07, 6.45) is 5.05. The van der Waals surface area contributed by atoms with Gasteiger partial charge < -0.3 is 13.9 Å². The molecule has 0 amide bonds. The molecule has 1 fully saturated rings. The summed E-state index contributed by atoms with van der Waals surface area (Å²) < 4.78 is 12.6. The molecule has 3 rings (SSSR count). The smallest absolute Gasteiger partial charge is 0.140 e. The molecule has 1 saturated heterocycles. The molecule has 19 heavy (non-hydrogen) atoms. The molecule has 0 bridgehead atoms. The fourth-order valence-electron chi connectivity index (χ4n) is 2.36. The average molecular weight is 261 g/mol. The van der Waals surface area contributed by atoms with Crippen molar-refractivity contribution in [1.82, 2.24) is 14.3 Å². The molecular weight excluding hydrogens is 242 g/mol. The van der Waals surface area contributed by atoms with Crippen LogP contribution in [-0.4, -0.2) is 54.2 Å². The number of imidazole rings is 1. The first-order valence-electron chi connectivity index (χ1n) is 6.67. The summed E-state index contributed by atoms with van der Waals surface area (Å²) in [6, 6.07) is 3.90. The summed E-state index contributed by atoms with van der Waals surface area (Å²) in [5, 5.41) is 0. The van der Waals surface area contributed by atoms with Crippen molar-refractivity contribution in [2.24, 2.45) is 0 Å². The minimum Gasteiger partial charge on any atom is -0.497 e. The Labute approximate surface area is 112 Å². The van der Waals surface area contributed by atoms with Crippen molar-refractivity contribution in [1.29, 1.82) is 0 Å². The number of ether oxygens (including phenoxy) is 2. The largest absolute Gasteiger partial charge is 0.497 e. The molecule has 1 aliphatic heterocycles. The number of aromatic nitrogens is 2. The van der Waals surface area contributed by atoms with Crippen LogP contribution in [0.15, 0.2) is 24.5 Å². The van der Waals surface area contributed by atoms with Gasteiger partial charge in [0.25, 0.3) is 0 Å². The molecule has 0 unspecified atom stereocenters. The topological polar surface area (TPSA) is 39.0 Å². The highest BCUT2D eigenvalue weighted by Crippen LogP contribution is 2.14. The van der Waals surface area contributed by atoms with Crippen LogP contribution in [0.2, 0.25) is 0 Å². The third-order valence-corrected chi connectivity index (χ3v) is 3.51. The first-order valence-corrected chi connectivity index (χ1v) is 6.67. The van der Waals surface area contributed by atoms with E-state index in [4.69, 9.17) is 9.47 Å². The molecule has 0 aromatic carbocycles. The van der Waals surface area contributed by atoms with Crippen LogP contribution < -0.4 is 4.74 Å². The van der Waals surface area contributed by atoms with E-state index in [9.17, 15) is 0 Å². The molecule has 0 N–H and O–H groups in total. The minimum absolute atomic E-state index is 0.845. The van der Waals surface area contributed by atoms with Gasteiger partial charge in [0.2, 0.25) is 0 Å². The Balaban J connectivity index is 1.67. The highest BCUT2D eigenvalue weighted by atomic mass is 16.5. The average Bonchev–Trinajstić information content (AvgIpc) is 2.88. The Morgan fingerprint density at radius 1 is 1.37 bits per heavy atom. The summed E-state index contributed by atoms with van der Waals surface area (Å²) in [4.78, 5) is 7.06. The first kappa shape index (κ1) is 12.4. The van der Waals surface area contributed by atoms with E-state index in [0.29, 0.717) is 0 Å². The van der Waals surface area contributed by atoms with Crippen LogP contribution in [0.4, 0.5) is 0 Å². The van der Waals surface area contributed by atoms with Crippen molar-refractivity contribution in [2.45, 2.75) is 6.42 Å². The van der Waals surface area contributed by atoms with Crippen LogP contribution >= 0.6 is 0 Å². The van der Waals surface area contributed by atoms with Gasteiger partial charge in [0, 0.05) is 44.5 Å². The summed E-state index contributed by atoms with van der Waals surface area (Å²) in [6.45, 7) is 4.80. The van der Waals surface area contributed by atoms with Gasteiger partial charge in [0.1, 0.15) is 11.4 Å². The second-order valence-corrected chi connectivity index (χ2v) is 4.77. The van der Waals surface area contributed by atoms with E-state index < -0.39 is 0 Å². The maximum absolute atomic E-state index is 5.35. The van der Waals surface area contributed by atoms with Crippen molar-refractivity contribution < 1.29 is 9.47 Å². The molecule has 0 saturated carbocycles.